The van der Waals surface area contributed by atoms with Crippen LogP contribution in [0.15, 0.2) is 6.20 Å². The largest absolute Gasteiger partial charge is 0.339 e. The summed E-state index contributed by atoms with van der Waals surface area (Å²) in [6.45, 7) is 8.15. The zero-order chi connectivity index (χ0) is 14.7. The van der Waals surface area contributed by atoms with Gasteiger partial charge in [0, 0.05) is 43.8 Å². The van der Waals surface area contributed by atoms with Crippen LogP contribution in [0.4, 0.5) is 0 Å². The van der Waals surface area contributed by atoms with Crippen molar-refractivity contribution in [3.05, 3.63) is 16.1 Å². The molecule has 5 nitrogen and oxygen atoms in total. The first-order chi connectivity index (χ1) is 10.2. The molecule has 1 N–H and O–H groups in total. The number of nitrogens with zero attached hydrogens (tertiary/aromatic N) is 3. The number of amides is 1. The fourth-order valence-electron chi connectivity index (χ4n) is 2.67. The number of thiazole rings is 1. The maximum Gasteiger partial charge on any atom is 0.236 e. The normalized spacial score (nSPS) is 20.0. The molecule has 0 spiro atoms. The molecule has 1 saturated heterocycles. The average Bonchev–Trinajstić information content (AvgIpc) is 3.21. The molecule has 1 aliphatic heterocycles. The number of carbonyl (C=O) groups excluding carboxylic acids is 1. The summed E-state index contributed by atoms with van der Waals surface area (Å²) >= 11 is 1.76. The molecule has 0 aromatic carbocycles. The number of aryl methyl sites for hydroxylation is 1. The molecule has 2 aliphatic rings. The SMILES string of the molecule is Cc1ncc(CN2CCN(C(=O)CNCC3CC3)CC2)s1. The Morgan fingerprint density at radius 2 is 2.14 bits per heavy atom. The van der Waals surface area contributed by atoms with E-state index in [4.69, 9.17) is 0 Å². The van der Waals surface area contributed by atoms with Gasteiger partial charge in [0.15, 0.2) is 0 Å². The van der Waals surface area contributed by atoms with Gasteiger partial charge in [-0.1, -0.05) is 0 Å². The van der Waals surface area contributed by atoms with E-state index >= 15 is 0 Å². The molecule has 1 amide bonds. The van der Waals surface area contributed by atoms with Gasteiger partial charge in [-0.25, -0.2) is 4.98 Å². The second kappa shape index (κ2) is 6.85. The van der Waals surface area contributed by atoms with Crippen LogP contribution >= 0.6 is 11.3 Å². The van der Waals surface area contributed by atoms with Crippen LogP contribution in [0.1, 0.15) is 22.7 Å². The van der Waals surface area contributed by atoms with Crippen LogP contribution in [0.5, 0.6) is 0 Å². The van der Waals surface area contributed by atoms with Gasteiger partial charge in [-0.15, -0.1) is 11.3 Å². The predicted molar refractivity (Wildman–Crippen MR) is 84.3 cm³/mol. The van der Waals surface area contributed by atoms with Gasteiger partial charge in [0.05, 0.1) is 11.6 Å². The number of aromatic nitrogens is 1. The van der Waals surface area contributed by atoms with E-state index in [1.54, 1.807) is 11.3 Å². The van der Waals surface area contributed by atoms with Gasteiger partial charge in [0.25, 0.3) is 0 Å². The zero-order valence-corrected chi connectivity index (χ0v) is 13.5. The number of piperazine rings is 1. The van der Waals surface area contributed by atoms with Crippen LogP contribution in [0.3, 0.4) is 0 Å². The molecule has 21 heavy (non-hydrogen) atoms. The minimum atomic E-state index is 0.254. The average molecular weight is 308 g/mol. The van der Waals surface area contributed by atoms with Crippen molar-refractivity contribution >= 4 is 17.2 Å². The van der Waals surface area contributed by atoms with Gasteiger partial charge in [-0.2, -0.15) is 0 Å². The minimum absolute atomic E-state index is 0.254. The Kier molecular flexibility index (Phi) is 4.87. The van der Waals surface area contributed by atoms with Gasteiger partial charge >= 0.3 is 0 Å². The van der Waals surface area contributed by atoms with E-state index in [0.717, 1.165) is 50.2 Å². The smallest absolute Gasteiger partial charge is 0.236 e. The molecule has 0 unspecified atom stereocenters. The standard InChI is InChI=1S/C15H24N4OS/c1-12-17-9-14(21-12)11-18-4-6-19(7-5-18)15(20)10-16-8-13-2-3-13/h9,13,16H,2-8,10-11H2,1H3. The number of hydrogen-bond donors (Lipinski definition) is 1. The number of rotatable bonds is 6. The maximum absolute atomic E-state index is 12.1. The van der Waals surface area contributed by atoms with Crippen LogP contribution in [0, 0.1) is 12.8 Å². The first-order valence-electron chi connectivity index (χ1n) is 7.83. The molecule has 0 bridgehead atoms. The lowest BCUT2D eigenvalue weighted by atomic mass is 10.3. The Labute approximate surface area is 130 Å². The molecular formula is C15H24N4OS. The lowest BCUT2D eigenvalue weighted by Gasteiger charge is -2.34. The molecule has 1 aliphatic carbocycles. The fourth-order valence-corrected chi connectivity index (χ4v) is 3.51. The summed E-state index contributed by atoms with van der Waals surface area (Å²) in [5.74, 6) is 1.08. The van der Waals surface area contributed by atoms with Gasteiger partial charge in [-0.3, -0.25) is 9.69 Å². The van der Waals surface area contributed by atoms with E-state index < -0.39 is 0 Å². The Morgan fingerprint density at radius 1 is 1.38 bits per heavy atom. The molecule has 3 rings (SSSR count). The van der Waals surface area contributed by atoms with Gasteiger partial charge in [-0.05, 0) is 32.2 Å². The summed E-state index contributed by atoms with van der Waals surface area (Å²) in [6, 6.07) is 0. The summed E-state index contributed by atoms with van der Waals surface area (Å²) in [5.41, 5.74) is 0. The van der Waals surface area contributed by atoms with Gasteiger partial charge in [0.1, 0.15) is 0 Å². The number of nitrogens with one attached hydrogen (secondary N) is 1. The van der Waals surface area contributed by atoms with Crippen molar-refractivity contribution in [3.8, 4) is 0 Å². The molecular weight excluding hydrogens is 284 g/mol. The van der Waals surface area contributed by atoms with Gasteiger partial charge < -0.3 is 10.2 Å². The first-order valence-corrected chi connectivity index (χ1v) is 8.64. The molecule has 1 aromatic heterocycles. The maximum atomic E-state index is 12.1. The van der Waals surface area contributed by atoms with E-state index in [0.29, 0.717) is 6.54 Å². The van der Waals surface area contributed by atoms with E-state index in [1.165, 1.54) is 17.7 Å². The zero-order valence-electron chi connectivity index (χ0n) is 12.7. The second-order valence-corrected chi connectivity index (χ2v) is 7.40. The lowest BCUT2D eigenvalue weighted by Crippen LogP contribution is -2.50. The Hall–Kier alpha value is -0.980. The Bertz CT molecular complexity index is 478. The van der Waals surface area contributed by atoms with Crippen molar-refractivity contribution in [1.82, 2.24) is 20.1 Å². The highest BCUT2D eigenvalue weighted by atomic mass is 32.1. The van der Waals surface area contributed by atoms with Crippen LogP contribution < -0.4 is 5.32 Å². The number of carbonyl (C=O) groups is 1. The predicted octanol–water partition coefficient (Wildman–Crippen LogP) is 1.10. The summed E-state index contributed by atoms with van der Waals surface area (Å²) in [6.07, 6.45) is 4.63. The minimum Gasteiger partial charge on any atom is -0.339 e. The highest BCUT2D eigenvalue weighted by molar-refractivity contribution is 7.11. The van der Waals surface area contributed by atoms with Crippen LogP contribution in [-0.2, 0) is 11.3 Å². The highest BCUT2D eigenvalue weighted by Crippen LogP contribution is 2.27. The second-order valence-electron chi connectivity index (χ2n) is 6.08. The summed E-state index contributed by atoms with van der Waals surface area (Å²) in [5, 5.41) is 4.41. The molecule has 2 heterocycles. The van der Waals surface area contributed by atoms with Crippen molar-refractivity contribution in [2.75, 3.05) is 39.3 Å². The third-order valence-electron chi connectivity index (χ3n) is 4.18. The third-order valence-corrected chi connectivity index (χ3v) is 5.08. The Balaban J connectivity index is 1.36. The monoisotopic (exact) mass is 308 g/mol. The van der Waals surface area contributed by atoms with E-state index in [1.807, 2.05) is 18.0 Å². The first kappa shape index (κ1) is 14.9. The summed E-state index contributed by atoms with van der Waals surface area (Å²) in [7, 11) is 0. The molecule has 1 aromatic rings. The third kappa shape index (κ3) is 4.49. The van der Waals surface area contributed by atoms with E-state index in [9.17, 15) is 4.79 Å². The van der Waals surface area contributed by atoms with Crippen molar-refractivity contribution in [3.63, 3.8) is 0 Å². The lowest BCUT2D eigenvalue weighted by molar-refractivity contribution is -0.132. The fraction of sp³-hybridized carbons (Fsp3) is 0.733. The van der Waals surface area contributed by atoms with Crippen molar-refractivity contribution < 1.29 is 4.79 Å². The molecule has 116 valence electrons. The van der Waals surface area contributed by atoms with E-state index in [-0.39, 0.29) is 5.91 Å². The molecule has 0 atom stereocenters. The topological polar surface area (TPSA) is 48.5 Å². The van der Waals surface area contributed by atoms with Crippen molar-refractivity contribution in [2.45, 2.75) is 26.3 Å². The molecule has 1 saturated carbocycles. The highest BCUT2D eigenvalue weighted by Gasteiger charge is 2.23. The molecule has 0 radical (unpaired) electrons. The van der Waals surface area contributed by atoms with Crippen LogP contribution in [-0.4, -0.2) is 60.0 Å². The molecule has 6 heteroatoms. The van der Waals surface area contributed by atoms with Crippen molar-refractivity contribution in [1.29, 1.82) is 0 Å². The van der Waals surface area contributed by atoms with Crippen LogP contribution in [0.25, 0.3) is 0 Å². The quantitative estimate of drug-likeness (QED) is 0.855. The van der Waals surface area contributed by atoms with E-state index in [2.05, 4.69) is 15.2 Å². The summed E-state index contributed by atoms with van der Waals surface area (Å²) in [4.78, 5) is 22.1. The molecule has 2 fully saturated rings. The van der Waals surface area contributed by atoms with Crippen molar-refractivity contribution in [2.24, 2.45) is 5.92 Å². The van der Waals surface area contributed by atoms with Crippen LogP contribution in [0.2, 0.25) is 0 Å². The Morgan fingerprint density at radius 3 is 2.76 bits per heavy atom. The summed E-state index contributed by atoms with van der Waals surface area (Å²) < 4.78 is 0. The number of hydrogen-bond acceptors (Lipinski definition) is 5. The van der Waals surface area contributed by atoms with Gasteiger partial charge in [0.2, 0.25) is 5.91 Å².